The van der Waals surface area contributed by atoms with Gasteiger partial charge in [0, 0.05) is 5.56 Å². The van der Waals surface area contributed by atoms with Crippen molar-refractivity contribution in [2.45, 2.75) is 24.4 Å². The van der Waals surface area contributed by atoms with E-state index < -0.39 is 0 Å². The molecule has 3 rings (SSSR count). The molecule has 0 aromatic heterocycles. The molecule has 0 N–H and O–H groups in total. The smallest absolute Gasteiger partial charge is 0.217 e. The van der Waals surface area contributed by atoms with E-state index in [-0.39, 0.29) is 17.5 Å². The molecule has 2 aromatic carbocycles. The highest BCUT2D eigenvalue weighted by molar-refractivity contribution is 6.22. The number of benzene rings is 2. The van der Waals surface area contributed by atoms with Crippen LogP contribution in [0.15, 0.2) is 65.7 Å². The maximum atomic E-state index is 6.49. The molecule has 0 unspecified atom stereocenters. The lowest BCUT2D eigenvalue weighted by Gasteiger charge is -2.32. The molecule has 2 aromatic rings. The Hall–Kier alpha value is -1.80. The SMILES string of the molecule is C[C@@H]1N=C(c2ccccc2)O[C@H](c2ccccc2)[C@H]1Cl. The van der Waals surface area contributed by atoms with Gasteiger partial charge in [-0.3, -0.25) is 0 Å². The highest BCUT2D eigenvalue weighted by Crippen LogP contribution is 2.33. The molecule has 3 heteroatoms. The molecule has 0 saturated heterocycles. The summed E-state index contributed by atoms with van der Waals surface area (Å²) in [7, 11) is 0. The molecule has 3 atom stereocenters. The van der Waals surface area contributed by atoms with Crippen LogP contribution in [0.3, 0.4) is 0 Å². The number of hydrogen-bond acceptors (Lipinski definition) is 2. The van der Waals surface area contributed by atoms with Crippen molar-refractivity contribution >= 4 is 17.5 Å². The molecule has 0 aliphatic carbocycles. The van der Waals surface area contributed by atoms with Gasteiger partial charge in [-0.05, 0) is 24.6 Å². The first-order valence-electron chi connectivity index (χ1n) is 6.74. The number of aliphatic imine (C=N–C) groups is 1. The molecule has 102 valence electrons. The molecule has 0 radical (unpaired) electrons. The average Bonchev–Trinajstić information content (AvgIpc) is 2.51. The van der Waals surface area contributed by atoms with E-state index in [0.29, 0.717) is 5.90 Å². The number of ether oxygens (including phenoxy) is 1. The summed E-state index contributed by atoms with van der Waals surface area (Å²) < 4.78 is 6.06. The molecule has 2 nitrogen and oxygen atoms in total. The fraction of sp³-hybridized carbons (Fsp3) is 0.235. The van der Waals surface area contributed by atoms with Crippen molar-refractivity contribution in [3.05, 3.63) is 71.8 Å². The monoisotopic (exact) mass is 285 g/mol. The topological polar surface area (TPSA) is 21.6 Å². The van der Waals surface area contributed by atoms with Gasteiger partial charge in [0.05, 0.1) is 11.4 Å². The van der Waals surface area contributed by atoms with E-state index in [1.54, 1.807) is 0 Å². The first kappa shape index (κ1) is 13.2. The van der Waals surface area contributed by atoms with E-state index in [9.17, 15) is 0 Å². The average molecular weight is 286 g/mol. The molecular weight excluding hydrogens is 270 g/mol. The quantitative estimate of drug-likeness (QED) is 0.758. The lowest BCUT2D eigenvalue weighted by Crippen LogP contribution is -2.34. The van der Waals surface area contributed by atoms with Crippen molar-refractivity contribution in [1.29, 1.82) is 0 Å². The summed E-state index contributed by atoms with van der Waals surface area (Å²) in [6.45, 7) is 2.03. The minimum absolute atomic E-state index is 0.0193. The van der Waals surface area contributed by atoms with Gasteiger partial charge in [0.1, 0.15) is 6.10 Å². The lowest BCUT2D eigenvalue weighted by atomic mass is 10.0. The van der Waals surface area contributed by atoms with Crippen LogP contribution in [0.2, 0.25) is 0 Å². The number of rotatable bonds is 2. The Balaban J connectivity index is 1.94. The van der Waals surface area contributed by atoms with Crippen LogP contribution < -0.4 is 0 Å². The molecule has 20 heavy (non-hydrogen) atoms. The highest BCUT2D eigenvalue weighted by atomic mass is 35.5. The molecule has 0 saturated carbocycles. The molecule has 1 aliphatic heterocycles. The van der Waals surface area contributed by atoms with Crippen molar-refractivity contribution in [3.63, 3.8) is 0 Å². The third-order valence-corrected chi connectivity index (χ3v) is 4.05. The minimum Gasteiger partial charge on any atom is -0.468 e. The van der Waals surface area contributed by atoms with Gasteiger partial charge in [-0.2, -0.15) is 0 Å². The van der Waals surface area contributed by atoms with E-state index in [2.05, 4.69) is 4.99 Å². The molecule has 0 fully saturated rings. The van der Waals surface area contributed by atoms with Crippen LogP contribution in [0.1, 0.15) is 24.2 Å². The zero-order valence-corrected chi connectivity index (χ0v) is 12.0. The normalized spacial score (nSPS) is 25.7. The second kappa shape index (κ2) is 5.68. The van der Waals surface area contributed by atoms with Crippen LogP contribution in [-0.2, 0) is 4.74 Å². The second-order valence-electron chi connectivity index (χ2n) is 4.93. The van der Waals surface area contributed by atoms with E-state index >= 15 is 0 Å². The predicted octanol–water partition coefficient (Wildman–Crippen LogP) is 4.20. The molecule has 1 heterocycles. The molecular formula is C17H16ClNO. The Morgan fingerprint density at radius 1 is 0.950 bits per heavy atom. The zero-order chi connectivity index (χ0) is 13.9. The summed E-state index contributed by atoms with van der Waals surface area (Å²) in [6, 6.07) is 20.0. The van der Waals surface area contributed by atoms with Gasteiger partial charge in [0.2, 0.25) is 5.90 Å². The number of nitrogens with zero attached hydrogens (tertiary/aromatic N) is 1. The third kappa shape index (κ3) is 2.56. The molecule has 0 amide bonds. The summed E-state index contributed by atoms with van der Waals surface area (Å²) in [5.74, 6) is 0.670. The lowest BCUT2D eigenvalue weighted by molar-refractivity contribution is 0.160. The number of halogens is 1. The van der Waals surface area contributed by atoms with Crippen LogP contribution >= 0.6 is 11.6 Å². The summed E-state index contributed by atoms with van der Waals surface area (Å²) in [5.41, 5.74) is 2.08. The van der Waals surface area contributed by atoms with Gasteiger partial charge in [-0.15, -0.1) is 11.6 Å². The van der Waals surface area contributed by atoms with Gasteiger partial charge in [-0.1, -0.05) is 48.5 Å². The van der Waals surface area contributed by atoms with Gasteiger partial charge in [-0.25, -0.2) is 4.99 Å². The number of alkyl halides is 1. The van der Waals surface area contributed by atoms with Gasteiger partial charge in [0.15, 0.2) is 0 Å². The largest absolute Gasteiger partial charge is 0.468 e. The molecule has 1 aliphatic rings. The Morgan fingerprint density at radius 2 is 1.55 bits per heavy atom. The standard InChI is InChI=1S/C17H16ClNO/c1-12-15(18)16(13-8-4-2-5-9-13)20-17(19-12)14-10-6-3-7-11-14/h2-12,15-16H,1H3/t12-,15-,16+/m0/s1. The maximum Gasteiger partial charge on any atom is 0.217 e. The predicted molar refractivity (Wildman–Crippen MR) is 82.4 cm³/mol. The van der Waals surface area contributed by atoms with Gasteiger partial charge in [0.25, 0.3) is 0 Å². The maximum absolute atomic E-state index is 6.49. The van der Waals surface area contributed by atoms with Crippen molar-refractivity contribution in [2.75, 3.05) is 0 Å². The Labute approximate surface area is 124 Å². The van der Waals surface area contributed by atoms with Crippen LogP contribution in [0.5, 0.6) is 0 Å². The first-order chi connectivity index (χ1) is 9.75. The number of hydrogen-bond donors (Lipinski definition) is 0. The van der Waals surface area contributed by atoms with E-state index in [4.69, 9.17) is 16.3 Å². The van der Waals surface area contributed by atoms with E-state index in [1.165, 1.54) is 0 Å². The highest BCUT2D eigenvalue weighted by Gasteiger charge is 2.33. The van der Waals surface area contributed by atoms with Crippen molar-refractivity contribution < 1.29 is 4.74 Å². The van der Waals surface area contributed by atoms with Crippen LogP contribution in [0.25, 0.3) is 0 Å². The first-order valence-corrected chi connectivity index (χ1v) is 7.18. The van der Waals surface area contributed by atoms with Crippen LogP contribution in [-0.4, -0.2) is 17.3 Å². The fourth-order valence-corrected chi connectivity index (χ4v) is 2.60. The molecule has 0 bridgehead atoms. The van der Waals surface area contributed by atoms with Gasteiger partial charge >= 0.3 is 0 Å². The van der Waals surface area contributed by atoms with Crippen molar-refractivity contribution in [3.8, 4) is 0 Å². The van der Waals surface area contributed by atoms with E-state index in [1.807, 2.05) is 67.6 Å². The summed E-state index contributed by atoms with van der Waals surface area (Å²) in [6.07, 6.45) is -0.166. The Kier molecular flexibility index (Phi) is 3.75. The Bertz CT molecular complexity index is 597. The second-order valence-corrected chi connectivity index (χ2v) is 5.44. The van der Waals surface area contributed by atoms with Gasteiger partial charge < -0.3 is 4.74 Å². The summed E-state index contributed by atoms with van der Waals surface area (Å²) in [4.78, 5) is 4.57. The van der Waals surface area contributed by atoms with Crippen LogP contribution in [0, 0.1) is 0 Å². The van der Waals surface area contributed by atoms with Crippen LogP contribution in [0.4, 0.5) is 0 Å². The summed E-state index contributed by atoms with van der Waals surface area (Å²) >= 11 is 6.49. The fourth-order valence-electron chi connectivity index (χ4n) is 2.34. The molecule has 0 spiro atoms. The minimum atomic E-state index is -0.166. The summed E-state index contributed by atoms with van der Waals surface area (Å²) in [5, 5.41) is -0.162. The van der Waals surface area contributed by atoms with E-state index in [0.717, 1.165) is 11.1 Å². The third-order valence-electron chi connectivity index (χ3n) is 3.46. The zero-order valence-electron chi connectivity index (χ0n) is 11.2. The van der Waals surface area contributed by atoms with Crippen molar-refractivity contribution in [2.24, 2.45) is 4.99 Å². The van der Waals surface area contributed by atoms with Crippen molar-refractivity contribution in [1.82, 2.24) is 0 Å². The Morgan fingerprint density at radius 3 is 2.20 bits per heavy atom.